The molecule has 0 aliphatic heterocycles. The summed E-state index contributed by atoms with van der Waals surface area (Å²) in [6.07, 6.45) is 3.53. The fourth-order valence-electron chi connectivity index (χ4n) is 2.08. The number of nitrogens with zero attached hydrogens (tertiary/aromatic N) is 1. The predicted octanol–water partition coefficient (Wildman–Crippen LogP) is 3.46. The fourth-order valence-corrected chi connectivity index (χ4v) is 2.08. The van der Waals surface area contributed by atoms with Crippen molar-refractivity contribution in [2.45, 2.75) is 46.1 Å². The first kappa shape index (κ1) is 13.1. The van der Waals surface area contributed by atoms with Crippen LogP contribution in [0.4, 0.5) is 0 Å². The first-order valence-electron chi connectivity index (χ1n) is 6.74. The number of oxazole rings is 1. The minimum atomic E-state index is 0.582. The summed E-state index contributed by atoms with van der Waals surface area (Å²) in [5.74, 6) is 0.739. The number of hydrogen-bond donors (Lipinski definition) is 1. The summed E-state index contributed by atoms with van der Waals surface area (Å²) in [7, 11) is 0. The van der Waals surface area contributed by atoms with E-state index >= 15 is 0 Å². The van der Waals surface area contributed by atoms with Crippen molar-refractivity contribution in [2.24, 2.45) is 0 Å². The molecule has 98 valence electrons. The quantitative estimate of drug-likeness (QED) is 0.793. The predicted molar refractivity (Wildman–Crippen MR) is 74.8 cm³/mol. The number of aryl methyl sites for hydroxylation is 2. The monoisotopic (exact) mass is 246 g/mol. The molecule has 1 N–H and O–H groups in total. The highest BCUT2D eigenvalue weighted by Gasteiger charge is 2.03. The highest BCUT2D eigenvalue weighted by Crippen LogP contribution is 2.17. The molecule has 0 fully saturated rings. The third-order valence-electron chi connectivity index (χ3n) is 3.00. The second-order valence-electron chi connectivity index (χ2n) is 5.10. The molecule has 0 radical (unpaired) electrons. The summed E-state index contributed by atoms with van der Waals surface area (Å²) in [5, 5.41) is 3.44. The van der Waals surface area contributed by atoms with Crippen LogP contribution >= 0.6 is 0 Å². The molecule has 0 saturated heterocycles. The number of nitrogens with one attached hydrogen (secondary N) is 1. The zero-order valence-electron chi connectivity index (χ0n) is 11.5. The zero-order chi connectivity index (χ0) is 13.0. The van der Waals surface area contributed by atoms with Gasteiger partial charge in [0.05, 0.1) is 0 Å². The largest absolute Gasteiger partial charge is 0.441 e. The molecule has 0 unspecified atom stereocenters. The Bertz CT molecular complexity index is 502. The van der Waals surface area contributed by atoms with E-state index < -0.39 is 0 Å². The molecule has 0 aliphatic rings. The SMILES string of the molecule is Cc1nc2ccc(CCCCNC(C)C)cc2o1. The number of aromatic nitrogens is 1. The van der Waals surface area contributed by atoms with Crippen LogP contribution in [-0.4, -0.2) is 17.6 Å². The van der Waals surface area contributed by atoms with Gasteiger partial charge in [0.1, 0.15) is 5.52 Å². The molecule has 0 aliphatic carbocycles. The average Bonchev–Trinajstić information content (AvgIpc) is 2.67. The maximum atomic E-state index is 5.54. The molecule has 2 rings (SSSR count). The molecule has 3 heteroatoms. The summed E-state index contributed by atoms with van der Waals surface area (Å²) in [6, 6.07) is 6.90. The molecule has 0 atom stereocenters. The van der Waals surface area contributed by atoms with Gasteiger partial charge in [0.2, 0.25) is 0 Å². The number of benzene rings is 1. The molecule has 1 aromatic heterocycles. The molecule has 1 heterocycles. The van der Waals surface area contributed by atoms with Crippen molar-refractivity contribution >= 4 is 11.1 Å². The molecular weight excluding hydrogens is 224 g/mol. The maximum Gasteiger partial charge on any atom is 0.192 e. The summed E-state index contributed by atoms with van der Waals surface area (Å²) in [5.41, 5.74) is 3.20. The van der Waals surface area contributed by atoms with E-state index in [-0.39, 0.29) is 0 Å². The van der Waals surface area contributed by atoms with Gasteiger partial charge in [-0.05, 0) is 43.5 Å². The number of hydrogen-bond acceptors (Lipinski definition) is 3. The Hall–Kier alpha value is -1.35. The van der Waals surface area contributed by atoms with E-state index in [9.17, 15) is 0 Å². The average molecular weight is 246 g/mol. The van der Waals surface area contributed by atoms with Crippen LogP contribution in [0, 0.1) is 6.92 Å². The Morgan fingerprint density at radius 2 is 2.11 bits per heavy atom. The molecule has 0 saturated carbocycles. The van der Waals surface area contributed by atoms with Crippen molar-refractivity contribution in [2.75, 3.05) is 6.54 Å². The fraction of sp³-hybridized carbons (Fsp3) is 0.533. The van der Waals surface area contributed by atoms with E-state index in [0.717, 1.165) is 30.0 Å². The first-order chi connectivity index (χ1) is 8.65. The maximum absolute atomic E-state index is 5.54. The molecular formula is C15H22N2O. The minimum absolute atomic E-state index is 0.582. The van der Waals surface area contributed by atoms with E-state index in [4.69, 9.17) is 4.42 Å². The molecule has 0 spiro atoms. The van der Waals surface area contributed by atoms with Crippen LogP contribution < -0.4 is 5.32 Å². The third kappa shape index (κ3) is 3.57. The summed E-state index contributed by atoms with van der Waals surface area (Å²) in [6.45, 7) is 7.35. The van der Waals surface area contributed by atoms with Crippen molar-refractivity contribution in [1.29, 1.82) is 0 Å². The lowest BCUT2D eigenvalue weighted by atomic mass is 10.1. The number of unbranched alkanes of at least 4 members (excludes halogenated alkanes) is 1. The highest BCUT2D eigenvalue weighted by molar-refractivity contribution is 5.73. The Morgan fingerprint density at radius 3 is 2.89 bits per heavy atom. The van der Waals surface area contributed by atoms with Crippen LogP contribution in [0.5, 0.6) is 0 Å². The van der Waals surface area contributed by atoms with E-state index in [1.807, 2.05) is 13.0 Å². The molecule has 1 aromatic carbocycles. The lowest BCUT2D eigenvalue weighted by molar-refractivity contribution is 0.555. The van der Waals surface area contributed by atoms with Gasteiger partial charge in [0.15, 0.2) is 11.5 Å². The molecule has 18 heavy (non-hydrogen) atoms. The van der Waals surface area contributed by atoms with Crippen LogP contribution in [0.2, 0.25) is 0 Å². The standard InChI is InChI=1S/C15H22N2O/c1-11(2)16-9-5-4-6-13-7-8-14-15(10-13)18-12(3)17-14/h7-8,10-11,16H,4-6,9H2,1-3H3. The van der Waals surface area contributed by atoms with Crippen molar-refractivity contribution in [3.63, 3.8) is 0 Å². The normalized spacial score (nSPS) is 11.6. The first-order valence-corrected chi connectivity index (χ1v) is 6.74. The van der Waals surface area contributed by atoms with Gasteiger partial charge in [0.25, 0.3) is 0 Å². The summed E-state index contributed by atoms with van der Waals surface area (Å²) in [4.78, 5) is 4.31. The van der Waals surface area contributed by atoms with Crippen LogP contribution in [0.15, 0.2) is 22.6 Å². The molecule has 0 bridgehead atoms. The zero-order valence-corrected chi connectivity index (χ0v) is 11.5. The second kappa shape index (κ2) is 6.01. The van der Waals surface area contributed by atoms with E-state index in [1.165, 1.54) is 18.4 Å². The lowest BCUT2D eigenvalue weighted by Crippen LogP contribution is -2.23. The van der Waals surface area contributed by atoms with Gasteiger partial charge in [-0.15, -0.1) is 0 Å². The molecule has 3 nitrogen and oxygen atoms in total. The van der Waals surface area contributed by atoms with Gasteiger partial charge in [-0.2, -0.15) is 0 Å². The minimum Gasteiger partial charge on any atom is -0.441 e. The van der Waals surface area contributed by atoms with Crippen molar-refractivity contribution in [1.82, 2.24) is 10.3 Å². The van der Waals surface area contributed by atoms with Crippen LogP contribution in [0.3, 0.4) is 0 Å². The van der Waals surface area contributed by atoms with Gasteiger partial charge in [-0.3, -0.25) is 0 Å². The van der Waals surface area contributed by atoms with Crippen molar-refractivity contribution < 1.29 is 4.42 Å². The van der Waals surface area contributed by atoms with E-state index in [1.54, 1.807) is 0 Å². The molecule has 2 aromatic rings. The van der Waals surface area contributed by atoms with Gasteiger partial charge < -0.3 is 9.73 Å². The topological polar surface area (TPSA) is 38.1 Å². The Balaban J connectivity index is 1.84. The third-order valence-corrected chi connectivity index (χ3v) is 3.00. The Labute approximate surface area is 109 Å². The van der Waals surface area contributed by atoms with E-state index in [0.29, 0.717) is 6.04 Å². The molecule has 0 amide bonds. The lowest BCUT2D eigenvalue weighted by Gasteiger charge is -2.07. The van der Waals surface area contributed by atoms with Crippen molar-refractivity contribution in [3.05, 3.63) is 29.7 Å². The van der Waals surface area contributed by atoms with E-state index in [2.05, 4.69) is 36.3 Å². The Kier molecular flexibility index (Phi) is 4.37. The highest BCUT2D eigenvalue weighted by atomic mass is 16.3. The summed E-state index contributed by atoms with van der Waals surface area (Å²) >= 11 is 0. The number of rotatable bonds is 6. The Morgan fingerprint density at radius 1 is 1.28 bits per heavy atom. The van der Waals surface area contributed by atoms with Crippen LogP contribution in [0.1, 0.15) is 38.1 Å². The van der Waals surface area contributed by atoms with Gasteiger partial charge in [-0.1, -0.05) is 19.9 Å². The van der Waals surface area contributed by atoms with Gasteiger partial charge >= 0.3 is 0 Å². The van der Waals surface area contributed by atoms with Crippen LogP contribution in [-0.2, 0) is 6.42 Å². The smallest absolute Gasteiger partial charge is 0.192 e. The van der Waals surface area contributed by atoms with Crippen LogP contribution in [0.25, 0.3) is 11.1 Å². The van der Waals surface area contributed by atoms with Gasteiger partial charge in [-0.25, -0.2) is 4.98 Å². The summed E-state index contributed by atoms with van der Waals surface area (Å²) < 4.78 is 5.54. The second-order valence-corrected chi connectivity index (χ2v) is 5.10. The van der Waals surface area contributed by atoms with Crippen molar-refractivity contribution in [3.8, 4) is 0 Å². The number of fused-ring (bicyclic) bond motifs is 1. The van der Waals surface area contributed by atoms with Gasteiger partial charge in [0, 0.05) is 13.0 Å².